The molecular formula is C12H19BBrNO. The highest BCUT2D eigenvalue weighted by atomic mass is 79.9. The average Bonchev–Trinajstić information content (AvgIpc) is 2.16. The predicted molar refractivity (Wildman–Crippen MR) is 75.4 cm³/mol. The van der Waals surface area contributed by atoms with Crippen LogP contribution in [0.3, 0.4) is 0 Å². The minimum absolute atomic E-state index is 0.633. The summed E-state index contributed by atoms with van der Waals surface area (Å²) in [5.74, 6) is 0. The molecular weight excluding hydrogens is 265 g/mol. The molecule has 0 atom stereocenters. The van der Waals surface area contributed by atoms with Crippen LogP contribution in [0.4, 0.5) is 5.69 Å². The van der Waals surface area contributed by atoms with Gasteiger partial charge in [0.25, 0.3) is 0 Å². The molecule has 1 aromatic rings. The average molecular weight is 284 g/mol. The van der Waals surface area contributed by atoms with Crippen LogP contribution in [-0.2, 0) is 12.7 Å². The van der Waals surface area contributed by atoms with Crippen molar-refractivity contribution in [2.45, 2.75) is 38.6 Å². The third-order valence-electron chi connectivity index (χ3n) is 2.75. The predicted octanol–water partition coefficient (Wildman–Crippen LogP) is 1.87. The molecule has 0 aliphatic rings. The fourth-order valence-electron chi connectivity index (χ4n) is 1.70. The Morgan fingerprint density at radius 3 is 2.56 bits per heavy atom. The molecule has 0 aliphatic heterocycles. The van der Waals surface area contributed by atoms with Gasteiger partial charge in [-0.15, -0.1) is 0 Å². The number of benzene rings is 1. The van der Waals surface area contributed by atoms with Crippen LogP contribution in [0.1, 0.15) is 31.4 Å². The minimum atomic E-state index is -0.633. The third-order valence-corrected chi connectivity index (χ3v) is 3.49. The Labute approximate surface area is 107 Å². The van der Waals surface area contributed by atoms with Crippen molar-refractivity contribution in [2.75, 3.05) is 5.73 Å². The second-order valence-electron chi connectivity index (χ2n) is 4.76. The maximum absolute atomic E-state index is 9.70. The summed E-state index contributed by atoms with van der Waals surface area (Å²) < 4.78 is 1.07. The first-order valence-electron chi connectivity index (χ1n) is 5.63. The van der Waals surface area contributed by atoms with Gasteiger partial charge >= 0.3 is 0 Å². The molecule has 0 aliphatic carbocycles. The molecule has 3 N–H and O–H groups in total. The number of hydrogen-bond donors (Lipinski definition) is 2. The fraction of sp³-hybridized carbons (Fsp3) is 0.500. The number of rotatable bonds is 4. The largest absolute Gasteiger partial charge is 0.398 e. The molecule has 0 spiro atoms. The SMILES string of the molecule is BCc1c(Br)ccc(CCC(C)(C)O)c1N. The van der Waals surface area contributed by atoms with Gasteiger partial charge in [-0.2, -0.15) is 0 Å². The number of aliphatic hydroxyl groups is 1. The van der Waals surface area contributed by atoms with Crippen molar-refractivity contribution < 1.29 is 5.11 Å². The number of anilines is 1. The molecule has 0 saturated carbocycles. The van der Waals surface area contributed by atoms with Gasteiger partial charge in [-0.3, -0.25) is 0 Å². The highest BCUT2D eigenvalue weighted by Crippen LogP contribution is 2.28. The number of halogens is 1. The van der Waals surface area contributed by atoms with Crippen LogP contribution in [0.15, 0.2) is 16.6 Å². The van der Waals surface area contributed by atoms with E-state index in [9.17, 15) is 5.11 Å². The highest BCUT2D eigenvalue weighted by molar-refractivity contribution is 9.10. The van der Waals surface area contributed by atoms with Crippen molar-refractivity contribution in [2.24, 2.45) is 0 Å². The fourth-order valence-corrected chi connectivity index (χ4v) is 2.33. The molecule has 0 radical (unpaired) electrons. The molecule has 0 saturated heterocycles. The number of nitrogen functional groups attached to an aromatic ring is 1. The summed E-state index contributed by atoms with van der Waals surface area (Å²) in [5, 5.41) is 9.70. The summed E-state index contributed by atoms with van der Waals surface area (Å²) in [7, 11) is 2.09. The Balaban J connectivity index is 2.90. The Bertz CT molecular complexity index is 374. The van der Waals surface area contributed by atoms with Crippen LogP contribution >= 0.6 is 15.9 Å². The number of nitrogens with two attached hydrogens (primary N) is 1. The van der Waals surface area contributed by atoms with Crippen LogP contribution in [-0.4, -0.2) is 18.6 Å². The monoisotopic (exact) mass is 283 g/mol. The lowest BCUT2D eigenvalue weighted by molar-refractivity contribution is 0.0714. The molecule has 1 aromatic carbocycles. The molecule has 88 valence electrons. The van der Waals surface area contributed by atoms with Gasteiger partial charge in [-0.05, 0) is 43.9 Å². The molecule has 0 amide bonds. The Morgan fingerprint density at radius 1 is 1.44 bits per heavy atom. The molecule has 0 aromatic heterocycles. The Kier molecular flexibility index (Phi) is 4.45. The van der Waals surface area contributed by atoms with E-state index in [0.717, 1.165) is 40.4 Å². The van der Waals surface area contributed by atoms with Gasteiger partial charge in [0.05, 0.1) is 5.60 Å². The molecule has 0 heterocycles. The Hall–Kier alpha value is -0.475. The maximum Gasteiger partial charge on any atom is 0.107 e. The van der Waals surface area contributed by atoms with E-state index in [4.69, 9.17) is 5.73 Å². The summed E-state index contributed by atoms with van der Waals surface area (Å²) >= 11 is 3.50. The van der Waals surface area contributed by atoms with E-state index in [2.05, 4.69) is 23.8 Å². The van der Waals surface area contributed by atoms with Crippen LogP contribution in [0.2, 0.25) is 0 Å². The van der Waals surface area contributed by atoms with Gasteiger partial charge in [0.15, 0.2) is 0 Å². The van der Waals surface area contributed by atoms with Crippen LogP contribution in [0.5, 0.6) is 0 Å². The topological polar surface area (TPSA) is 46.2 Å². The lowest BCUT2D eigenvalue weighted by Gasteiger charge is -2.18. The van der Waals surface area contributed by atoms with Gasteiger partial charge in [-0.1, -0.05) is 28.3 Å². The van der Waals surface area contributed by atoms with E-state index in [0.29, 0.717) is 0 Å². The first-order chi connectivity index (χ1) is 7.35. The van der Waals surface area contributed by atoms with Crippen molar-refractivity contribution in [3.63, 3.8) is 0 Å². The van der Waals surface area contributed by atoms with Crippen molar-refractivity contribution in [1.29, 1.82) is 0 Å². The normalized spacial score (nSPS) is 11.8. The Morgan fingerprint density at radius 2 is 2.06 bits per heavy atom. The smallest absolute Gasteiger partial charge is 0.107 e. The van der Waals surface area contributed by atoms with Crippen LogP contribution in [0, 0.1) is 0 Å². The van der Waals surface area contributed by atoms with E-state index in [-0.39, 0.29) is 0 Å². The van der Waals surface area contributed by atoms with Crippen molar-refractivity contribution in [3.8, 4) is 0 Å². The molecule has 0 bridgehead atoms. The zero-order valence-corrected chi connectivity index (χ0v) is 11.8. The quantitative estimate of drug-likeness (QED) is 0.655. The van der Waals surface area contributed by atoms with Gasteiger partial charge in [-0.25, -0.2) is 0 Å². The van der Waals surface area contributed by atoms with Crippen molar-refractivity contribution in [1.82, 2.24) is 0 Å². The van der Waals surface area contributed by atoms with E-state index in [1.807, 2.05) is 26.0 Å². The summed E-state index contributed by atoms with van der Waals surface area (Å²) in [6, 6.07) is 4.07. The lowest BCUT2D eigenvalue weighted by Crippen LogP contribution is -2.19. The molecule has 1 rings (SSSR count). The van der Waals surface area contributed by atoms with E-state index < -0.39 is 5.60 Å². The van der Waals surface area contributed by atoms with Gasteiger partial charge in [0.2, 0.25) is 0 Å². The summed E-state index contributed by atoms with van der Waals surface area (Å²) in [6.45, 7) is 3.64. The number of hydrogen-bond acceptors (Lipinski definition) is 2. The number of aryl methyl sites for hydroxylation is 1. The molecule has 16 heavy (non-hydrogen) atoms. The second-order valence-corrected chi connectivity index (χ2v) is 5.62. The molecule has 0 unspecified atom stereocenters. The first kappa shape index (κ1) is 13.6. The van der Waals surface area contributed by atoms with E-state index in [1.54, 1.807) is 0 Å². The second kappa shape index (κ2) is 5.24. The highest BCUT2D eigenvalue weighted by Gasteiger charge is 2.14. The standard InChI is InChI=1S/C12H19BBrNO/c1-12(2,16)6-5-8-3-4-10(14)9(7-13)11(8)15/h3-4,16H,5-7,13,15H2,1-2H3. The van der Waals surface area contributed by atoms with Crippen molar-refractivity contribution in [3.05, 3.63) is 27.7 Å². The molecule has 4 heteroatoms. The third kappa shape index (κ3) is 3.53. The van der Waals surface area contributed by atoms with Crippen molar-refractivity contribution >= 4 is 29.5 Å². The zero-order valence-electron chi connectivity index (χ0n) is 10.2. The lowest BCUT2D eigenvalue weighted by atomic mass is 9.91. The summed E-state index contributed by atoms with van der Waals surface area (Å²) in [5.41, 5.74) is 8.63. The van der Waals surface area contributed by atoms with Gasteiger partial charge in [0.1, 0.15) is 7.85 Å². The molecule has 0 fully saturated rings. The van der Waals surface area contributed by atoms with E-state index >= 15 is 0 Å². The zero-order chi connectivity index (χ0) is 12.3. The van der Waals surface area contributed by atoms with Gasteiger partial charge < -0.3 is 10.8 Å². The first-order valence-corrected chi connectivity index (χ1v) is 6.42. The summed E-state index contributed by atoms with van der Waals surface area (Å²) in [4.78, 5) is 0. The molecule has 2 nitrogen and oxygen atoms in total. The summed E-state index contributed by atoms with van der Waals surface area (Å²) in [6.07, 6.45) is 2.46. The van der Waals surface area contributed by atoms with Gasteiger partial charge in [0, 0.05) is 10.2 Å². The van der Waals surface area contributed by atoms with Crippen LogP contribution in [0.25, 0.3) is 0 Å². The minimum Gasteiger partial charge on any atom is -0.398 e. The maximum atomic E-state index is 9.70. The van der Waals surface area contributed by atoms with E-state index in [1.165, 1.54) is 0 Å². The van der Waals surface area contributed by atoms with Crippen LogP contribution < -0.4 is 5.73 Å².